The standard InChI is InChI=1S/C21H29NO2/c1-4-5-15-22-16-6-7-17-24-20-13-11-19(12-14-20)21(23)10-8-9-18(2)3/h4,6-7,9,11-14,22H,1,5,8,10,15-17H2,2-3H3/b7-6+. The van der Waals surface area contributed by atoms with Crippen LogP contribution in [0.1, 0.15) is 43.5 Å². The van der Waals surface area contributed by atoms with Gasteiger partial charge in [-0.3, -0.25) is 4.79 Å². The first kappa shape index (κ1) is 19.9. The van der Waals surface area contributed by atoms with Crippen LogP contribution in [0.5, 0.6) is 5.75 Å². The van der Waals surface area contributed by atoms with Gasteiger partial charge in [-0.25, -0.2) is 0 Å². The van der Waals surface area contributed by atoms with Crippen LogP contribution in [0, 0.1) is 0 Å². The second-order valence-electron chi connectivity index (χ2n) is 5.83. The molecule has 0 heterocycles. The summed E-state index contributed by atoms with van der Waals surface area (Å²) >= 11 is 0. The van der Waals surface area contributed by atoms with E-state index in [0.717, 1.165) is 37.2 Å². The predicted octanol–water partition coefficient (Wildman–Crippen LogP) is 4.72. The summed E-state index contributed by atoms with van der Waals surface area (Å²) in [7, 11) is 0. The Kier molecular flexibility index (Phi) is 10.2. The molecule has 3 heteroatoms. The molecular formula is C21H29NO2. The van der Waals surface area contributed by atoms with Crippen LogP contribution < -0.4 is 10.1 Å². The smallest absolute Gasteiger partial charge is 0.163 e. The molecule has 0 bridgehead atoms. The molecule has 0 aromatic heterocycles. The fourth-order valence-electron chi connectivity index (χ4n) is 2.06. The number of benzene rings is 1. The molecule has 1 aromatic carbocycles. The van der Waals surface area contributed by atoms with Crippen molar-refractivity contribution in [3.63, 3.8) is 0 Å². The first-order chi connectivity index (χ1) is 11.6. The predicted molar refractivity (Wildman–Crippen MR) is 102 cm³/mol. The quantitative estimate of drug-likeness (QED) is 0.343. The van der Waals surface area contributed by atoms with Crippen molar-refractivity contribution in [2.75, 3.05) is 19.7 Å². The van der Waals surface area contributed by atoms with Gasteiger partial charge in [0, 0.05) is 18.5 Å². The molecule has 0 saturated carbocycles. The van der Waals surface area contributed by atoms with Gasteiger partial charge >= 0.3 is 0 Å². The number of carbonyl (C=O) groups excluding carboxylic acids is 1. The van der Waals surface area contributed by atoms with Gasteiger partial charge in [0.2, 0.25) is 0 Å². The average molecular weight is 327 g/mol. The number of nitrogens with one attached hydrogen (secondary N) is 1. The molecule has 0 aliphatic carbocycles. The van der Waals surface area contributed by atoms with Crippen molar-refractivity contribution in [2.24, 2.45) is 0 Å². The molecule has 0 unspecified atom stereocenters. The monoisotopic (exact) mass is 327 g/mol. The summed E-state index contributed by atoms with van der Waals surface area (Å²) in [5.41, 5.74) is 1.99. The number of ether oxygens (including phenoxy) is 1. The van der Waals surface area contributed by atoms with E-state index in [1.807, 2.05) is 56.3 Å². The van der Waals surface area contributed by atoms with E-state index in [1.165, 1.54) is 5.57 Å². The van der Waals surface area contributed by atoms with E-state index in [1.54, 1.807) is 0 Å². The molecule has 0 aliphatic rings. The third-order valence-electron chi connectivity index (χ3n) is 3.40. The van der Waals surface area contributed by atoms with E-state index < -0.39 is 0 Å². The number of Topliss-reactive ketones (excluding diaryl/α,β-unsaturated/α-hetero) is 1. The Morgan fingerprint density at radius 2 is 1.92 bits per heavy atom. The summed E-state index contributed by atoms with van der Waals surface area (Å²) in [6, 6.07) is 7.37. The van der Waals surface area contributed by atoms with Crippen LogP contribution in [-0.4, -0.2) is 25.5 Å². The zero-order chi connectivity index (χ0) is 17.6. The van der Waals surface area contributed by atoms with Crippen LogP contribution in [0.2, 0.25) is 0 Å². The molecule has 24 heavy (non-hydrogen) atoms. The maximum absolute atomic E-state index is 12.1. The number of hydrogen-bond acceptors (Lipinski definition) is 3. The van der Waals surface area contributed by atoms with Crippen LogP contribution in [-0.2, 0) is 0 Å². The summed E-state index contributed by atoms with van der Waals surface area (Å²) in [5.74, 6) is 0.949. The summed E-state index contributed by atoms with van der Waals surface area (Å²) in [5, 5.41) is 3.27. The topological polar surface area (TPSA) is 38.3 Å². The Balaban J connectivity index is 2.29. The molecule has 0 radical (unpaired) electrons. The van der Waals surface area contributed by atoms with Crippen molar-refractivity contribution in [2.45, 2.75) is 33.1 Å². The van der Waals surface area contributed by atoms with Crippen LogP contribution in [0.25, 0.3) is 0 Å². The van der Waals surface area contributed by atoms with Crippen molar-refractivity contribution in [1.82, 2.24) is 5.32 Å². The first-order valence-corrected chi connectivity index (χ1v) is 8.49. The van der Waals surface area contributed by atoms with Gasteiger partial charge in [0.15, 0.2) is 5.78 Å². The fraction of sp³-hybridized carbons (Fsp3) is 0.381. The molecule has 130 valence electrons. The highest BCUT2D eigenvalue weighted by Crippen LogP contribution is 2.14. The van der Waals surface area contributed by atoms with Gasteiger partial charge in [-0.2, -0.15) is 0 Å². The molecule has 1 rings (SSSR count). The van der Waals surface area contributed by atoms with E-state index in [2.05, 4.69) is 18.0 Å². The minimum absolute atomic E-state index is 0.171. The van der Waals surface area contributed by atoms with Crippen molar-refractivity contribution in [3.05, 3.63) is 66.3 Å². The van der Waals surface area contributed by atoms with Crippen LogP contribution in [0.3, 0.4) is 0 Å². The molecule has 0 fully saturated rings. The van der Waals surface area contributed by atoms with Gasteiger partial charge in [0.05, 0.1) is 0 Å². The van der Waals surface area contributed by atoms with Crippen LogP contribution in [0.15, 0.2) is 60.7 Å². The summed E-state index contributed by atoms with van der Waals surface area (Å²) in [4.78, 5) is 12.1. The normalized spacial score (nSPS) is 10.6. The maximum Gasteiger partial charge on any atom is 0.163 e. The SMILES string of the molecule is C=CCCNC/C=C/COc1ccc(C(=O)CCC=C(C)C)cc1. The molecule has 3 nitrogen and oxygen atoms in total. The second-order valence-corrected chi connectivity index (χ2v) is 5.83. The minimum atomic E-state index is 0.171. The molecule has 1 N–H and O–H groups in total. The summed E-state index contributed by atoms with van der Waals surface area (Å²) < 4.78 is 5.63. The largest absolute Gasteiger partial charge is 0.490 e. The lowest BCUT2D eigenvalue weighted by Crippen LogP contribution is -2.14. The van der Waals surface area contributed by atoms with Gasteiger partial charge in [-0.1, -0.05) is 29.9 Å². The number of hydrogen-bond donors (Lipinski definition) is 1. The lowest BCUT2D eigenvalue weighted by molar-refractivity contribution is 0.0983. The summed E-state index contributed by atoms with van der Waals surface area (Å²) in [6.45, 7) is 10.1. The van der Waals surface area contributed by atoms with E-state index in [9.17, 15) is 4.79 Å². The van der Waals surface area contributed by atoms with Gasteiger partial charge in [0.25, 0.3) is 0 Å². The van der Waals surface area contributed by atoms with E-state index in [4.69, 9.17) is 4.74 Å². The van der Waals surface area contributed by atoms with E-state index in [0.29, 0.717) is 13.0 Å². The Morgan fingerprint density at radius 1 is 1.17 bits per heavy atom. The molecule has 0 aliphatic heterocycles. The Morgan fingerprint density at radius 3 is 2.58 bits per heavy atom. The van der Waals surface area contributed by atoms with Gasteiger partial charge < -0.3 is 10.1 Å². The van der Waals surface area contributed by atoms with Gasteiger partial charge in [-0.15, -0.1) is 6.58 Å². The van der Waals surface area contributed by atoms with Crippen molar-refractivity contribution in [3.8, 4) is 5.75 Å². The number of ketones is 1. The third-order valence-corrected chi connectivity index (χ3v) is 3.40. The molecule has 0 spiro atoms. The fourth-order valence-corrected chi connectivity index (χ4v) is 2.06. The Bertz CT molecular complexity index is 552. The Hall–Kier alpha value is -2.13. The highest BCUT2D eigenvalue weighted by Gasteiger charge is 2.04. The number of rotatable bonds is 12. The highest BCUT2D eigenvalue weighted by atomic mass is 16.5. The highest BCUT2D eigenvalue weighted by molar-refractivity contribution is 5.96. The number of carbonyl (C=O) groups is 1. The van der Waals surface area contributed by atoms with E-state index >= 15 is 0 Å². The first-order valence-electron chi connectivity index (χ1n) is 8.49. The second kappa shape index (κ2) is 12.3. The van der Waals surface area contributed by atoms with Gasteiger partial charge in [-0.05, 0) is 57.5 Å². The lowest BCUT2D eigenvalue weighted by Gasteiger charge is -2.05. The average Bonchev–Trinajstić information content (AvgIpc) is 2.57. The maximum atomic E-state index is 12.1. The third kappa shape index (κ3) is 9.11. The van der Waals surface area contributed by atoms with Crippen molar-refractivity contribution >= 4 is 5.78 Å². The van der Waals surface area contributed by atoms with Gasteiger partial charge in [0.1, 0.15) is 12.4 Å². The van der Waals surface area contributed by atoms with E-state index in [-0.39, 0.29) is 5.78 Å². The minimum Gasteiger partial charge on any atom is -0.490 e. The summed E-state index contributed by atoms with van der Waals surface area (Å²) in [6.07, 6.45) is 10.3. The molecule has 0 saturated heterocycles. The Labute approximate surface area is 146 Å². The lowest BCUT2D eigenvalue weighted by atomic mass is 10.1. The van der Waals surface area contributed by atoms with Crippen molar-refractivity contribution < 1.29 is 9.53 Å². The van der Waals surface area contributed by atoms with Crippen molar-refractivity contribution in [1.29, 1.82) is 0 Å². The zero-order valence-electron chi connectivity index (χ0n) is 14.9. The van der Waals surface area contributed by atoms with Crippen LogP contribution >= 0.6 is 0 Å². The molecule has 0 atom stereocenters. The molecule has 1 aromatic rings. The molecule has 0 amide bonds. The van der Waals surface area contributed by atoms with Crippen LogP contribution in [0.4, 0.5) is 0 Å². The zero-order valence-corrected chi connectivity index (χ0v) is 14.9. The molecular weight excluding hydrogens is 298 g/mol. The number of allylic oxidation sites excluding steroid dienone is 2.